The smallest absolute Gasteiger partial charge is 0.0728 e. The van der Waals surface area contributed by atoms with Crippen molar-refractivity contribution in [2.45, 2.75) is 19.8 Å². The van der Waals surface area contributed by atoms with Crippen LogP contribution in [0.5, 0.6) is 0 Å². The van der Waals surface area contributed by atoms with Gasteiger partial charge in [0, 0.05) is 13.0 Å². The summed E-state index contributed by atoms with van der Waals surface area (Å²) in [4.78, 5) is 0. The average Bonchev–Trinajstić information content (AvgIpc) is 2.41. The molecule has 0 radical (unpaired) electrons. The molecule has 1 heterocycles. The fourth-order valence-corrected chi connectivity index (χ4v) is 2.35. The van der Waals surface area contributed by atoms with Gasteiger partial charge in [0.2, 0.25) is 0 Å². The van der Waals surface area contributed by atoms with Crippen LogP contribution in [0.2, 0.25) is 0 Å². The first-order valence-corrected chi connectivity index (χ1v) is 4.63. The highest BCUT2D eigenvalue weighted by Crippen LogP contribution is 2.63. The van der Waals surface area contributed by atoms with Gasteiger partial charge < -0.3 is 5.73 Å². The van der Waals surface area contributed by atoms with Crippen LogP contribution in [0.1, 0.15) is 25.5 Å². The predicted octanol–water partition coefficient (Wildman–Crippen LogP) is 0.513. The summed E-state index contributed by atoms with van der Waals surface area (Å²) in [5.74, 6) is 1.13. The van der Waals surface area contributed by atoms with Crippen molar-refractivity contribution < 1.29 is 0 Å². The summed E-state index contributed by atoms with van der Waals surface area (Å²) in [7, 11) is 1.93. The van der Waals surface area contributed by atoms with Crippen LogP contribution in [0.15, 0.2) is 6.20 Å². The number of hydrogen-bond acceptors (Lipinski definition) is 3. The third kappa shape index (κ3) is 1.09. The summed E-state index contributed by atoms with van der Waals surface area (Å²) < 4.78 is 1.85. The molecule has 1 saturated carbocycles. The molecule has 4 nitrogen and oxygen atoms in total. The van der Waals surface area contributed by atoms with Crippen molar-refractivity contribution in [3.8, 4) is 0 Å². The van der Waals surface area contributed by atoms with E-state index in [0.29, 0.717) is 17.3 Å². The van der Waals surface area contributed by atoms with E-state index in [1.54, 1.807) is 0 Å². The number of nitrogens with two attached hydrogens (primary N) is 1. The minimum atomic E-state index is 0.324. The standard InChI is InChI=1S/C9H16N4/c1-9(2)6(4-10)8(9)7-5-11-12-13(7)3/h5-6,8H,4,10H2,1-3H3/t6-,8+/m0/s1. The van der Waals surface area contributed by atoms with E-state index in [9.17, 15) is 0 Å². The topological polar surface area (TPSA) is 56.7 Å². The molecule has 0 saturated heterocycles. The summed E-state index contributed by atoms with van der Waals surface area (Å²) >= 11 is 0. The molecule has 72 valence electrons. The highest BCUT2D eigenvalue weighted by molar-refractivity contribution is 5.24. The average molecular weight is 180 g/mol. The molecule has 0 spiro atoms. The van der Waals surface area contributed by atoms with E-state index in [1.165, 1.54) is 5.69 Å². The highest BCUT2D eigenvalue weighted by Gasteiger charge is 2.58. The Hall–Kier alpha value is -0.900. The van der Waals surface area contributed by atoms with Gasteiger partial charge in [-0.15, -0.1) is 5.10 Å². The Morgan fingerprint density at radius 1 is 1.62 bits per heavy atom. The molecule has 0 unspecified atom stereocenters. The molecule has 2 rings (SSSR count). The first kappa shape index (κ1) is 8.69. The second-order valence-corrected chi connectivity index (χ2v) is 4.42. The molecule has 1 fully saturated rings. The van der Waals surface area contributed by atoms with E-state index in [0.717, 1.165) is 6.54 Å². The quantitative estimate of drug-likeness (QED) is 0.721. The molecule has 1 aromatic heterocycles. The molecule has 4 heteroatoms. The predicted molar refractivity (Wildman–Crippen MR) is 50.1 cm³/mol. The van der Waals surface area contributed by atoms with Gasteiger partial charge in [-0.05, 0) is 17.9 Å². The lowest BCUT2D eigenvalue weighted by Gasteiger charge is -2.01. The van der Waals surface area contributed by atoms with Gasteiger partial charge in [-0.1, -0.05) is 19.1 Å². The molecule has 1 aliphatic rings. The Morgan fingerprint density at radius 3 is 2.69 bits per heavy atom. The zero-order chi connectivity index (χ0) is 9.64. The van der Waals surface area contributed by atoms with Crippen LogP contribution in [0.3, 0.4) is 0 Å². The van der Waals surface area contributed by atoms with E-state index in [-0.39, 0.29) is 0 Å². The molecular formula is C9H16N4. The van der Waals surface area contributed by atoms with Crippen molar-refractivity contribution in [2.75, 3.05) is 6.54 Å². The van der Waals surface area contributed by atoms with Crippen molar-refractivity contribution in [3.63, 3.8) is 0 Å². The van der Waals surface area contributed by atoms with Gasteiger partial charge in [0.25, 0.3) is 0 Å². The zero-order valence-corrected chi connectivity index (χ0v) is 8.36. The van der Waals surface area contributed by atoms with Gasteiger partial charge in [0.1, 0.15) is 0 Å². The summed E-state index contributed by atoms with van der Waals surface area (Å²) in [5.41, 5.74) is 7.24. The lowest BCUT2D eigenvalue weighted by molar-refractivity contribution is 0.552. The number of aromatic nitrogens is 3. The van der Waals surface area contributed by atoms with Crippen LogP contribution in [-0.2, 0) is 7.05 Å². The largest absolute Gasteiger partial charge is 0.330 e. The Balaban J connectivity index is 2.26. The summed E-state index contributed by atoms with van der Waals surface area (Å²) in [6, 6.07) is 0. The van der Waals surface area contributed by atoms with E-state index >= 15 is 0 Å². The molecule has 0 aliphatic heterocycles. The van der Waals surface area contributed by atoms with Crippen LogP contribution in [0.4, 0.5) is 0 Å². The second kappa shape index (κ2) is 2.54. The molecular weight excluding hydrogens is 164 g/mol. The highest BCUT2D eigenvalue weighted by atomic mass is 15.4. The first-order valence-electron chi connectivity index (χ1n) is 4.63. The molecule has 13 heavy (non-hydrogen) atoms. The molecule has 2 N–H and O–H groups in total. The minimum Gasteiger partial charge on any atom is -0.330 e. The number of nitrogens with zero attached hydrogens (tertiary/aromatic N) is 3. The van der Waals surface area contributed by atoms with Crippen LogP contribution in [-0.4, -0.2) is 21.5 Å². The monoisotopic (exact) mass is 180 g/mol. The van der Waals surface area contributed by atoms with Gasteiger partial charge >= 0.3 is 0 Å². The normalized spacial score (nSPS) is 30.5. The second-order valence-electron chi connectivity index (χ2n) is 4.42. The van der Waals surface area contributed by atoms with Crippen LogP contribution in [0, 0.1) is 11.3 Å². The van der Waals surface area contributed by atoms with Crippen molar-refractivity contribution >= 4 is 0 Å². The molecule has 1 aromatic rings. The van der Waals surface area contributed by atoms with Crippen molar-refractivity contribution in [3.05, 3.63) is 11.9 Å². The van der Waals surface area contributed by atoms with Crippen LogP contribution < -0.4 is 5.73 Å². The maximum atomic E-state index is 5.71. The van der Waals surface area contributed by atoms with Crippen molar-refractivity contribution in [1.82, 2.24) is 15.0 Å². The fraction of sp³-hybridized carbons (Fsp3) is 0.778. The fourth-order valence-electron chi connectivity index (χ4n) is 2.35. The Morgan fingerprint density at radius 2 is 2.31 bits per heavy atom. The van der Waals surface area contributed by atoms with E-state index in [4.69, 9.17) is 5.73 Å². The number of aryl methyl sites for hydroxylation is 1. The zero-order valence-electron chi connectivity index (χ0n) is 8.36. The number of hydrogen-bond donors (Lipinski definition) is 1. The van der Waals surface area contributed by atoms with Crippen LogP contribution >= 0.6 is 0 Å². The lowest BCUT2D eigenvalue weighted by Crippen LogP contribution is -2.05. The van der Waals surface area contributed by atoms with E-state index in [1.807, 2.05) is 17.9 Å². The van der Waals surface area contributed by atoms with Crippen molar-refractivity contribution in [2.24, 2.45) is 24.1 Å². The van der Waals surface area contributed by atoms with Gasteiger partial charge in [0.15, 0.2) is 0 Å². The Bertz CT molecular complexity index is 315. The third-order valence-corrected chi connectivity index (χ3v) is 3.37. The molecule has 1 aliphatic carbocycles. The summed E-state index contributed by atoms with van der Waals surface area (Å²) in [6.45, 7) is 5.26. The van der Waals surface area contributed by atoms with Gasteiger partial charge in [-0.2, -0.15) is 0 Å². The maximum absolute atomic E-state index is 5.71. The molecule has 2 atom stereocenters. The SMILES string of the molecule is Cn1nncc1[C@H]1[C@H](CN)C1(C)C. The number of rotatable bonds is 2. The Kier molecular flexibility index (Phi) is 1.70. The van der Waals surface area contributed by atoms with Gasteiger partial charge in [0.05, 0.1) is 11.9 Å². The molecule has 0 amide bonds. The van der Waals surface area contributed by atoms with Gasteiger partial charge in [-0.25, -0.2) is 0 Å². The van der Waals surface area contributed by atoms with Crippen molar-refractivity contribution in [1.29, 1.82) is 0 Å². The molecule has 0 bridgehead atoms. The minimum absolute atomic E-state index is 0.324. The van der Waals surface area contributed by atoms with Crippen LogP contribution in [0.25, 0.3) is 0 Å². The van der Waals surface area contributed by atoms with E-state index < -0.39 is 0 Å². The van der Waals surface area contributed by atoms with E-state index in [2.05, 4.69) is 24.2 Å². The third-order valence-electron chi connectivity index (χ3n) is 3.37. The maximum Gasteiger partial charge on any atom is 0.0728 e. The Labute approximate surface area is 78.1 Å². The summed E-state index contributed by atoms with van der Waals surface area (Å²) in [6.07, 6.45) is 1.85. The lowest BCUT2D eigenvalue weighted by atomic mass is 10.1. The van der Waals surface area contributed by atoms with Gasteiger partial charge in [-0.3, -0.25) is 4.68 Å². The summed E-state index contributed by atoms with van der Waals surface area (Å²) in [5, 5.41) is 7.83. The first-order chi connectivity index (χ1) is 6.09. The molecule has 0 aromatic carbocycles.